The molecule has 3 aromatic rings. The molecule has 0 N–H and O–H groups in total. The van der Waals surface area contributed by atoms with Gasteiger partial charge in [-0.15, -0.1) is 0 Å². The molecule has 2 aromatic heterocycles. The normalized spacial score (nSPS) is 17.5. The minimum Gasteiger partial charge on any atom is -0.327 e. The third-order valence-corrected chi connectivity index (χ3v) is 6.25. The summed E-state index contributed by atoms with van der Waals surface area (Å²) in [5, 5.41) is 0. The van der Waals surface area contributed by atoms with E-state index in [1.165, 1.54) is 24.7 Å². The van der Waals surface area contributed by atoms with E-state index in [9.17, 15) is 14.0 Å². The zero-order chi connectivity index (χ0) is 22.9. The van der Waals surface area contributed by atoms with Crippen molar-refractivity contribution in [1.29, 1.82) is 0 Å². The summed E-state index contributed by atoms with van der Waals surface area (Å²) in [4.78, 5) is 46.7. The van der Waals surface area contributed by atoms with Crippen LogP contribution >= 0.6 is 0 Å². The van der Waals surface area contributed by atoms with E-state index < -0.39 is 0 Å². The van der Waals surface area contributed by atoms with Crippen LogP contribution in [0, 0.1) is 12.7 Å². The number of carbonyl (C=O) groups is 2. The van der Waals surface area contributed by atoms with Gasteiger partial charge in [0.05, 0.1) is 18.7 Å². The van der Waals surface area contributed by atoms with Gasteiger partial charge < -0.3 is 4.90 Å². The van der Waals surface area contributed by atoms with E-state index in [0.717, 1.165) is 24.1 Å². The summed E-state index contributed by atoms with van der Waals surface area (Å²) in [6.45, 7) is 2.77. The van der Waals surface area contributed by atoms with Crippen molar-refractivity contribution in [3.05, 3.63) is 77.0 Å². The first-order chi connectivity index (χ1) is 16.0. The maximum atomic E-state index is 14.1. The number of carbonyl (C=O) groups excluding carboxylic acids is 2. The zero-order valence-corrected chi connectivity index (χ0v) is 18.2. The highest BCUT2D eigenvalue weighted by Crippen LogP contribution is 2.35. The number of aromatic nitrogens is 4. The van der Waals surface area contributed by atoms with Gasteiger partial charge in [0.15, 0.2) is 5.82 Å². The average molecular weight is 446 g/mol. The number of anilines is 1. The number of hydrogen-bond donors (Lipinski definition) is 0. The zero-order valence-electron chi connectivity index (χ0n) is 18.2. The van der Waals surface area contributed by atoms with Crippen molar-refractivity contribution in [2.24, 2.45) is 0 Å². The fraction of sp³-hybridized carbons (Fsp3) is 0.333. The van der Waals surface area contributed by atoms with Gasteiger partial charge >= 0.3 is 0 Å². The Kier molecular flexibility index (Phi) is 5.53. The summed E-state index contributed by atoms with van der Waals surface area (Å²) in [6, 6.07) is 6.27. The van der Waals surface area contributed by atoms with Crippen molar-refractivity contribution >= 4 is 17.6 Å². The van der Waals surface area contributed by atoms with Gasteiger partial charge in [0.25, 0.3) is 5.91 Å². The van der Waals surface area contributed by atoms with E-state index in [0.29, 0.717) is 36.7 Å². The molecule has 0 radical (unpaired) electrons. The number of amides is 2. The maximum Gasteiger partial charge on any atom is 0.274 e. The SMILES string of the molecule is Cc1nc([C@H]2CCCN2C(=O)c2cnccn2)nc2c1CC(=O)N2CCc1ccccc1F. The minimum absolute atomic E-state index is 0.0743. The molecule has 0 unspecified atom stereocenters. The fourth-order valence-corrected chi connectivity index (χ4v) is 4.55. The van der Waals surface area contributed by atoms with Crippen molar-refractivity contribution in [3.8, 4) is 0 Å². The molecule has 0 aliphatic carbocycles. The Morgan fingerprint density at radius 2 is 2.06 bits per heavy atom. The van der Waals surface area contributed by atoms with E-state index in [-0.39, 0.29) is 35.8 Å². The van der Waals surface area contributed by atoms with Crippen LogP contribution in [0.4, 0.5) is 10.2 Å². The van der Waals surface area contributed by atoms with Gasteiger partial charge in [0, 0.05) is 36.7 Å². The number of halogens is 1. The van der Waals surface area contributed by atoms with Gasteiger partial charge in [-0.3, -0.25) is 19.5 Å². The summed E-state index contributed by atoms with van der Waals surface area (Å²) >= 11 is 0. The maximum absolute atomic E-state index is 14.1. The number of benzene rings is 1. The highest BCUT2D eigenvalue weighted by atomic mass is 19.1. The van der Waals surface area contributed by atoms with Gasteiger partial charge in [-0.1, -0.05) is 18.2 Å². The van der Waals surface area contributed by atoms with Gasteiger partial charge in [-0.25, -0.2) is 19.3 Å². The Morgan fingerprint density at radius 1 is 1.21 bits per heavy atom. The van der Waals surface area contributed by atoms with E-state index in [2.05, 4.69) is 15.0 Å². The van der Waals surface area contributed by atoms with Crippen molar-refractivity contribution < 1.29 is 14.0 Å². The van der Waals surface area contributed by atoms with E-state index in [1.54, 1.807) is 28.0 Å². The van der Waals surface area contributed by atoms with Crippen LogP contribution in [0.1, 0.15) is 52.0 Å². The Morgan fingerprint density at radius 3 is 2.85 bits per heavy atom. The van der Waals surface area contributed by atoms with Gasteiger partial charge in [0.1, 0.15) is 17.3 Å². The summed E-state index contributed by atoms with van der Waals surface area (Å²) in [5.41, 5.74) is 2.36. The second-order valence-corrected chi connectivity index (χ2v) is 8.28. The molecule has 0 spiro atoms. The predicted octanol–water partition coefficient (Wildman–Crippen LogP) is 2.82. The second-order valence-electron chi connectivity index (χ2n) is 8.28. The summed E-state index contributed by atoms with van der Waals surface area (Å²) in [6.07, 6.45) is 6.64. The quantitative estimate of drug-likeness (QED) is 0.599. The van der Waals surface area contributed by atoms with Crippen molar-refractivity contribution in [3.63, 3.8) is 0 Å². The highest BCUT2D eigenvalue weighted by Gasteiger charge is 2.37. The van der Waals surface area contributed by atoms with Crippen LogP contribution < -0.4 is 4.90 Å². The van der Waals surface area contributed by atoms with Gasteiger partial charge in [-0.2, -0.15) is 0 Å². The van der Waals surface area contributed by atoms with Crippen LogP contribution in [-0.2, 0) is 17.6 Å². The molecule has 1 atom stereocenters. The monoisotopic (exact) mass is 446 g/mol. The largest absolute Gasteiger partial charge is 0.327 e. The molecule has 9 heteroatoms. The number of aryl methyl sites for hydroxylation is 1. The minimum atomic E-state index is -0.298. The Bertz CT molecular complexity index is 1220. The first-order valence-corrected chi connectivity index (χ1v) is 11.0. The van der Waals surface area contributed by atoms with Crippen LogP contribution in [0.3, 0.4) is 0 Å². The van der Waals surface area contributed by atoms with Crippen LogP contribution in [0.2, 0.25) is 0 Å². The molecule has 0 bridgehead atoms. The third-order valence-electron chi connectivity index (χ3n) is 6.25. The molecule has 168 valence electrons. The van der Waals surface area contributed by atoms with Crippen LogP contribution in [-0.4, -0.2) is 49.7 Å². The summed E-state index contributed by atoms with van der Waals surface area (Å²) in [5.74, 6) is 0.520. The fourth-order valence-electron chi connectivity index (χ4n) is 4.55. The Labute approximate surface area is 190 Å². The smallest absolute Gasteiger partial charge is 0.274 e. The first-order valence-electron chi connectivity index (χ1n) is 11.0. The van der Waals surface area contributed by atoms with Crippen LogP contribution in [0.25, 0.3) is 0 Å². The first kappa shape index (κ1) is 21.1. The molecule has 8 nitrogen and oxygen atoms in total. The molecule has 2 amide bonds. The number of rotatable bonds is 5. The van der Waals surface area contributed by atoms with Gasteiger partial charge in [0.2, 0.25) is 5.91 Å². The second kappa shape index (κ2) is 8.65. The molecule has 2 aliphatic heterocycles. The number of nitrogens with zero attached hydrogens (tertiary/aromatic N) is 6. The number of likely N-dealkylation sites (tertiary alicyclic amines) is 1. The van der Waals surface area contributed by atoms with Gasteiger partial charge in [-0.05, 0) is 37.8 Å². The highest BCUT2D eigenvalue weighted by molar-refractivity contribution is 6.00. The van der Waals surface area contributed by atoms with Crippen molar-refractivity contribution in [2.75, 3.05) is 18.0 Å². The number of hydrogen-bond acceptors (Lipinski definition) is 6. The predicted molar refractivity (Wildman–Crippen MR) is 118 cm³/mol. The Balaban J connectivity index is 1.43. The molecule has 5 rings (SSSR count). The lowest BCUT2D eigenvalue weighted by Gasteiger charge is -2.24. The summed E-state index contributed by atoms with van der Waals surface area (Å²) < 4.78 is 14.1. The van der Waals surface area contributed by atoms with Crippen molar-refractivity contribution in [1.82, 2.24) is 24.8 Å². The molecular formula is C24H23FN6O2. The molecule has 0 saturated carbocycles. The lowest BCUT2D eigenvalue weighted by atomic mass is 10.1. The molecule has 4 heterocycles. The van der Waals surface area contributed by atoms with Crippen LogP contribution in [0.15, 0.2) is 42.9 Å². The lowest BCUT2D eigenvalue weighted by molar-refractivity contribution is -0.117. The Hall–Kier alpha value is -3.75. The lowest BCUT2D eigenvalue weighted by Crippen LogP contribution is -2.33. The molecule has 2 aliphatic rings. The topological polar surface area (TPSA) is 92.2 Å². The van der Waals surface area contributed by atoms with E-state index in [4.69, 9.17) is 4.98 Å². The van der Waals surface area contributed by atoms with E-state index >= 15 is 0 Å². The molecule has 1 saturated heterocycles. The molecule has 1 fully saturated rings. The van der Waals surface area contributed by atoms with E-state index in [1.807, 2.05) is 6.92 Å². The third kappa shape index (κ3) is 3.94. The number of fused-ring (bicyclic) bond motifs is 1. The van der Waals surface area contributed by atoms with Crippen molar-refractivity contribution in [2.45, 2.75) is 38.6 Å². The standard InChI is InChI=1S/C24H23FN6O2/c1-15-17-13-21(32)31(12-8-16-5-2-3-6-18(16)25)23(17)29-22(28-15)20-7-4-11-30(20)24(33)19-14-26-9-10-27-19/h2-3,5-6,9-10,14,20H,4,7-8,11-13H2,1H3/t20-/m1/s1. The molecule has 33 heavy (non-hydrogen) atoms. The molecular weight excluding hydrogens is 423 g/mol. The van der Waals surface area contributed by atoms with Crippen LogP contribution in [0.5, 0.6) is 0 Å². The summed E-state index contributed by atoms with van der Waals surface area (Å²) in [7, 11) is 0. The average Bonchev–Trinajstić information content (AvgIpc) is 3.43. The molecule has 1 aromatic carbocycles.